The zero-order valence-corrected chi connectivity index (χ0v) is 65.7. The number of ether oxygens (including phenoxy) is 4. The third kappa shape index (κ3) is 72.4. The minimum Gasteiger partial charge on any atom is -0.462 e. The maximum Gasteiger partial charge on any atom is 0.472 e. The van der Waals surface area contributed by atoms with Gasteiger partial charge in [0, 0.05) is 25.7 Å². The summed E-state index contributed by atoms with van der Waals surface area (Å²) in [5.41, 5.74) is 0. The lowest BCUT2D eigenvalue weighted by molar-refractivity contribution is -0.161. The first kappa shape index (κ1) is 96.1. The normalized spacial score (nSPS) is 13.9. The first-order chi connectivity index (χ1) is 47.5. The fourth-order valence-electron chi connectivity index (χ4n) is 12.2. The van der Waals surface area contributed by atoms with Gasteiger partial charge in [-0.2, -0.15) is 0 Å². The monoisotopic (exact) mass is 1440 g/mol. The van der Waals surface area contributed by atoms with Crippen molar-refractivity contribution in [2.45, 2.75) is 438 Å². The molecule has 5 atom stereocenters. The van der Waals surface area contributed by atoms with E-state index in [4.69, 9.17) is 37.0 Å². The van der Waals surface area contributed by atoms with Crippen molar-refractivity contribution in [2.24, 2.45) is 5.92 Å². The van der Waals surface area contributed by atoms with Crippen molar-refractivity contribution in [1.82, 2.24) is 0 Å². The third-order valence-electron chi connectivity index (χ3n) is 18.5. The summed E-state index contributed by atoms with van der Waals surface area (Å²) >= 11 is 0. The van der Waals surface area contributed by atoms with E-state index in [-0.39, 0.29) is 25.7 Å². The maximum atomic E-state index is 13.1. The van der Waals surface area contributed by atoms with Gasteiger partial charge < -0.3 is 33.8 Å². The van der Waals surface area contributed by atoms with Crippen LogP contribution < -0.4 is 0 Å². The van der Waals surface area contributed by atoms with E-state index >= 15 is 0 Å². The molecule has 0 amide bonds. The molecule has 0 aromatic heterocycles. The number of phosphoric ester groups is 2. The molecule has 0 saturated carbocycles. The van der Waals surface area contributed by atoms with Crippen LogP contribution in [0.25, 0.3) is 0 Å². The fraction of sp³-hybridized carbons (Fsp3) is 0.949. The summed E-state index contributed by atoms with van der Waals surface area (Å²) in [6, 6.07) is 0. The van der Waals surface area contributed by atoms with Crippen LogP contribution in [-0.2, 0) is 65.4 Å². The standard InChI is InChI=1S/C79H154O17P2/c1-6-9-12-15-18-21-24-26-34-39-43-48-53-58-63-77(82)90-69-75(96-79(84)65-60-55-50-45-40-35-32-30-28-27-29-31-33-37-41-46-51-56-61-72(4)5)71-94-98(87,88)92-67-73(80)66-91-97(85,86)93-70-74(68-89-76(81)62-57-52-47-42-36-23-20-17-14-11-8-3)95-78(83)64-59-54-49-44-38-25-22-19-16-13-10-7-2/h72-75,80H,6-71H2,1-5H3,(H,85,86)(H,87,88)/t73-,74+,75+/m0/s1. The van der Waals surface area contributed by atoms with Crippen LogP contribution in [0.1, 0.15) is 420 Å². The minimum absolute atomic E-state index is 0.108. The second-order valence-electron chi connectivity index (χ2n) is 28.9. The SMILES string of the molecule is CCCCCCCCCCCCCCCCC(=O)OC[C@H](COP(=O)(O)OC[C@@H](O)COP(=O)(O)OC[C@@H](COC(=O)CCCCCCCCCCCCC)OC(=O)CCCCCCCCCCCCCC)OC(=O)CCCCCCCCCCCCCCCCCCCCC(C)C. The van der Waals surface area contributed by atoms with Crippen LogP contribution in [0, 0.1) is 5.92 Å². The fourth-order valence-corrected chi connectivity index (χ4v) is 13.8. The summed E-state index contributed by atoms with van der Waals surface area (Å²) < 4.78 is 68.6. The third-order valence-corrected chi connectivity index (χ3v) is 20.4. The number of aliphatic hydroxyl groups is 1. The predicted molar refractivity (Wildman–Crippen MR) is 400 cm³/mol. The Morgan fingerprint density at radius 3 is 0.694 bits per heavy atom. The average molecular weight is 1440 g/mol. The quantitative estimate of drug-likeness (QED) is 0.0222. The number of rotatable bonds is 79. The number of hydrogen-bond donors (Lipinski definition) is 3. The van der Waals surface area contributed by atoms with E-state index in [0.29, 0.717) is 25.7 Å². The molecule has 0 heterocycles. The van der Waals surface area contributed by atoms with Gasteiger partial charge in [-0.25, -0.2) is 9.13 Å². The molecule has 0 spiro atoms. The number of phosphoric acid groups is 2. The number of hydrogen-bond acceptors (Lipinski definition) is 15. The number of esters is 4. The Hall–Kier alpha value is -1.94. The molecule has 0 aromatic carbocycles. The molecule has 582 valence electrons. The maximum absolute atomic E-state index is 13.1. The molecule has 0 aliphatic rings. The van der Waals surface area contributed by atoms with Crippen molar-refractivity contribution in [3.8, 4) is 0 Å². The van der Waals surface area contributed by atoms with Crippen molar-refractivity contribution in [2.75, 3.05) is 39.6 Å². The zero-order valence-electron chi connectivity index (χ0n) is 63.9. The zero-order chi connectivity index (χ0) is 71.9. The van der Waals surface area contributed by atoms with E-state index in [1.54, 1.807) is 0 Å². The molecular weight excluding hydrogens is 1280 g/mol. The molecule has 0 fully saturated rings. The molecule has 0 aromatic rings. The minimum atomic E-state index is -4.96. The lowest BCUT2D eigenvalue weighted by Crippen LogP contribution is -2.30. The van der Waals surface area contributed by atoms with Crippen LogP contribution in [0.2, 0.25) is 0 Å². The number of carbonyl (C=O) groups excluding carboxylic acids is 4. The van der Waals surface area contributed by atoms with Gasteiger partial charge in [-0.15, -0.1) is 0 Å². The summed E-state index contributed by atoms with van der Waals surface area (Å²) in [6.07, 6.45) is 62.3. The van der Waals surface area contributed by atoms with Crippen LogP contribution in [0.3, 0.4) is 0 Å². The number of carbonyl (C=O) groups is 4. The van der Waals surface area contributed by atoms with Gasteiger partial charge >= 0.3 is 39.5 Å². The molecule has 2 unspecified atom stereocenters. The molecule has 0 aliphatic heterocycles. The Labute approximate surface area is 600 Å². The van der Waals surface area contributed by atoms with Gasteiger partial charge in [0.2, 0.25) is 0 Å². The highest BCUT2D eigenvalue weighted by Gasteiger charge is 2.30. The van der Waals surface area contributed by atoms with Gasteiger partial charge in [-0.1, -0.05) is 369 Å². The van der Waals surface area contributed by atoms with E-state index in [2.05, 4.69) is 34.6 Å². The van der Waals surface area contributed by atoms with Crippen molar-refractivity contribution < 1.29 is 80.2 Å². The molecule has 17 nitrogen and oxygen atoms in total. The van der Waals surface area contributed by atoms with E-state index in [9.17, 15) is 43.2 Å². The summed E-state index contributed by atoms with van der Waals surface area (Å²) in [6.45, 7) is 7.35. The van der Waals surface area contributed by atoms with E-state index in [0.717, 1.165) is 95.8 Å². The highest BCUT2D eigenvalue weighted by Crippen LogP contribution is 2.45. The lowest BCUT2D eigenvalue weighted by Gasteiger charge is -2.21. The smallest absolute Gasteiger partial charge is 0.462 e. The Morgan fingerprint density at radius 1 is 0.276 bits per heavy atom. The summed E-state index contributed by atoms with van der Waals surface area (Å²) in [5, 5.41) is 10.6. The average Bonchev–Trinajstić information content (AvgIpc) is 1.17. The largest absolute Gasteiger partial charge is 0.472 e. The van der Waals surface area contributed by atoms with E-state index < -0.39 is 97.5 Å². The van der Waals surface area contributed by atoms with Crippen LogP contribution in [0.5, 0.6) is 0 Å². The molecule has 19 heteroatoms. The van der Waals surface area contributed by atoms with Gasteiger partial charge in [0.25, 0.3) is 0 Å². The Bertz CT molecular complexity index is 1870. The van der Waals surface area contributed by atoms with Crippen molar-refractivity contribution >= 4 is 39.5 Å². The highest BCUT2D eigenvalue weighted by atomic mass is 31.2. The topological polar surface area (TPSA) is 237 Å². The Balaban J connectivity index is 5.21. The van der Waals surface area contributed by atoms with E-state index in [1.807, 2.05) is 0 Å². The molecule has 0 saturated heterocycles. The lowest BCUT2D eigenvalue weighted by atomic mass is 10.0. The second kappa shape index (κ2) is 72.0. The molecule has 0 bridgehead atoms. The summed E-state index contributed by atoms with van der Waals surface area (Å²) in [7, 11) is -9.91. The molecule has 98 heavy (non-hydrogen) atoms. The molecule has 0 aliphatic carbocycles. The molecule has 0 radical (unpaired) electrons. The number of aliphatic hydroxyl groups excluding tert-OH is 1. The Morgan fingerprint density at radius 2 is 0.469 bits per heavy atom. The summed E-state index contributed by atoms with van der Waals surface area (Å²) in [5.74, 6) is -1.29. The predicted octanol–water partition coefficient (Wildman–Crippen LogP) is 23.6. The highest BCUT2D eigenvalue weighted by molar-refractivity contribution is 7.47. The van der Waals surface area contributed by atoms with Crippen molar-refractivity contribution in [3.05, 3.63) is 0 Å². The molecule has 3 N–H and O–H groups in total. The first-order valence-electron chi connectivity index (χ1n) is 41.1. The van der Waals surface area contributed by atoms with Gasteiger partial charge in [0.1, 0.15) is 19.3 Å². The van der Waals surface area contributed by atoms with Crippen molar-refractivity contribution in [3.63, 3.8) is 0 Å². The van der Waals surface area contributed by atoms with Crippen LogP contribution in [0.15, 0.2) is 0 Å². The second-order valence-corrected chi connectivity index (χ2v) is 31.8. The van der Waals surface area contributed by atoms with Crippen LogP contribution in [-0.4, -0.2) is 96.7 Å². The van der Waals surface area contributed by atoms with Crippen LogP contribution >= 0.6 is 15.6 Å². The first-order valence-corrected chi connectivity index (χ1v) is 44.1. The van der Waals surface area contributed by atoms with E-state index in [1.165, 1.54) is 244 Å². The van der Waals surface area contributed by atoms with Gasteiger partial charge in [0.05, 0.1) is 26.4 Å². The number of unbranched alkanes of at least 4 members (excludes halogenated alkanes) is 51. The van der Waals surface area contributed by atoms with Gasteiger partial charge in [-0.3, -0.25) is 37.3 Å². The molecular formula is C79H154O17P2. The summed E-state index contributed by atoms with van der Waals surface area (Å²) in [4.78, 5) is 72.9. The molecule has 0 rings (SSSR count). The van der Waals surface area contributed by atoms with Gasteiger partial charge in [-0.05, 0) is 31.6 Å². The van der Waals surface area contributed by atoms with Crippen LogP contribution in [0.4, 0.5) is 0 Å². The van der Waals surface area contributed by atoms with Gasteiger partial charge in [0.15, 0.2) is 12.2 Å². The van der Waals surface area contributed by atoms with Crippen molar-refractivity contribution in [1.29, 1.82) is 0 Å². The Kier molecular flexibility index (Phi) is 70.6.